The Hall–Kier alpha value is -2.88. The zero-order valence-electron chi connectivity index (χ0n) is 20.1. The van der Waals surface area contributed by atoms with E-state index < -0.39 is 12.1 Å². The molecule has 192 valence electrons. The molecule has 1 aliphatic heterocycles. The van der Waals surface area contributed by atoms with Gasteiger partial charge in [0.25, 0.3) is 0 Å². The molecule has 7 nitrogen and oxygen atoms in total. The highest BCUT2D eigenvalue weighted by Gasteiger charge is 2.38. The fraction of sp³-hybridized carbons (Fsp3) is 0.560. The van der Waals surface area contributed by atoms with Crippen LogP contribution < -0.4 is 0 Å². The van der Waals surface area contributed by atoms with Crippen LogP contribution >= 0.6 is 0 Å². The van der Waals surface area contributed by atoms with Gasteiger partial charge in [-0.25, -0.2) is 14.3 Å². The smallest absolute Gasteiger partial charge is 0.475 e. The number of fused-ring (bicyclic) bond motifs is 1. The van der Waals surface area contributed by atoms with Crippen molar-refractivity contribution in [2.45, 2.75) is 52.1 Å². The Morgan fingerprint density at radius 1 is 1.06 bits per heavy atom. The topological polar surface area (TPSA) is 84.7 Å². The second-order valence-corrected chi connectivity index (χ2v) is 9.23. The van der Waals surface area contributed by atoms with Crippen LogP contribution in [0.15, 0.2) is 30.3 Å². The molecule has 10 heteroatoms. The van der Waals surface area contributed by atoms with Crippen LogP contribution in [0.4, 0.5) is 13.2 Å². The zero-order valence-corrected chi connectivity index (χ0v) is 20.1. The van der Waals surface area contributed by atoms with E-state index in [0.29, 0.717) is 24.1 Å². The van der Waals surface area contributed by atoms with Crippen molar-refractivity contribution in [3.05, 3.63) is 47.3 Å². The highest BCUT2D eigenvalue weighted by Crippen LogP contribution is 2.27. The molecule has 0 bridgehead atoms. The second kappa shape index (κ2) is 11.7. The Bertz CT molecular complexity index is 997. The average Bonchev–Trinajstić information content (AvgIpc) is 3.22. The molecule has 2 heterocycles. The van der Waals surface area contributed by atoms with Crippen LogP contribution in [0.25, 0.3) is 5.69 Å². The Morgan fingerprint density at radius 3 is 2.26 bits per heavy atom. The minimum atomic E-state index is -5.08. The molecule has 1 N–H and O–H groups in total. The number of benzene rings is 1. The van der Waals surface area contributed by atoms with Gasteiger partial charge in [-0.2, -0.15) is 18.3 Å². The highest BCUT2D eigenvalue weighted by molar-refractivity contribution is 5.89. The lowest BCUT2D eigenvalue weighted by Crippen LogP contribution is -2.26. The summed E-state index contributed by atoms with van der Waals surface area (Å²) in [6.45, 7) is 8.02. The van der Waals surface area contributed by atoms with E-state index in [1.807, 2.05) is 35.0 Å². The molecule has 4 rings (SSSR count). The molecule has 0 saturated carbocycles. The Kier molecular flexibility index (Phi) is 8.93. The first-order chi connectivity index (χ1) is 16.6. The summed E-state index contributed by atoms with van der Waals surface area (Å²) in [5.74, 6) is -1.60. The summed E-state index contributed by atoms with van der Waals surface area (Å²) in [5.41, 5.74) is 3.80. The Labute approximate surface area is 202 Å². The number of aliphatic carboxylic acids is 1. The summed E-state index contributed by atoms with van der Waals surface area (Å²) in [7, 11) is 0. The van der Waals surface area contributed by atoms with Gasteiger partial charge in [-0.15, -0.1) is 0 Å². The van der Waals surface area contributed by atoms with Gasteiger partial charge in [-0.05, 0) is 49.7 Å². The number of para-hydroxylation sites is 1. The standard InChI is InChI=1S/C23H31N3O2.C2HF3O2/c1-17-15-25(16-18(17)2)13-14-28-23(27)22-20-11-7-4-8-12-21(20)26(24-22)19-9-5-3-6-10-19;3-2(4,5)1(6)7/h3,5-6,9-10,17-18H,4,7-8,11-16H2,1-2H3;(H,6,7). The first-order valence-electron chi connectivity index (χ1n) is 11.9. The average molecular weight is 496 g/mol. The number of carbonyl (C=O) groups excluding carboxylic acids is 1. The molecule has 0 spiro atoms. The number of likely N-dealkylation sites (tertiary alicyclic amines) is 1. The van der Waals surface area contributed by atoms with E-state index >= 15 is 0 Å². The van der Waals surface area contributed by atoms with Gasteiger partial charge in [-0.3, -0.25) is 4.90 Å². The maximum Gasteiger partial charge on any atom is 0.490 e. The first kappa shape index (κ1) is 26.7. The van der Waals surface area contributed by atoms with Gasteiger partial charge in [0.05, 0.1) is 5.69 Å². The number of alkyl halides is 3. The van der Waals surface area contributed by atoms with Crippen molar-refractivity contribution in [1.82, 2.24) is 14.7 Å². The van der Waals surface area contributed by atoms with Crippen LogP contribution in [0.5, 0.6) is 0 Å². The lowest BCUT2D eigenvalue weighted by atomic mass is 10.0. The molecule has 0 amide bonds. The van der Waals surface area contributed by atoms with Crippen molar-refractivity contribution in [2.75, 3.05) is 26.2 Å². The van der Waals surface area contributed by atoms with E-state index in [0.717, 1.165) is 56.6 Å². The quantitative estimate of drug-likeness (QED) is 0.485. The van der Waals surface area contributed by atoms with Gasteiger partial charge in [0.15, 0.2) is 5.69 Å². The minimum absolute atomic E-state index is 0.270. The molecule has 2 unspecified atom stereocenters. The van der Waals surface area contributed by atoms with Crippen LogP contribution in [0.2, 0.25) is 0 Å². The third-order valence-electron chi connectivity index (χ3n) is 6.57. The van der Waals surface area contributed by atoms with Crippen LogP contribution in [0.3, 0.4) is 0 Å². The van der Waals surface area contributed by atoms with Crippen LogP contribution in [0, 0.1) is 11.8 Å². The number of esters is 1. The van der Waals surface area contributed by atoms with Crippen LogP contribution in [-0.4, -0.2) is 64.1 Å². The van der Waals surface area contributed by atoms with E-state index in [4.69, 9.17) is 19.7 Å². The summed E-state index contributed by atoms with van der Waals surface area (Å²) >= 11 is 0. The molecule has 1 saturated heterocycles. The van der Waals surface area contributed by atoms with Gasteiger partial charge in [0.1, 0.15) is 6.61 Å². The number of hydrogen-bond acceptors (Lipinski definition) is 5. The summed E-state index contributed by atoms with van der Waals surface area (Å²) in [6.07, 6.45) is 0.244. The molecule has 1 fully saturated rings. The fourth-order valence-corrected chi connectivity index (χ4v) is 4.49. The predicted octanol–water partition coefficient (Wildman–Crippen LogP) is 4.52. The maximum atomic E-state index is 12.9. The van der Waals surface area contributed by atoms with Crippen molar-refractivity contribution in [3.8, 4) is 5.69 Å². The number of carbonyl (C=O) groups is 2. The van der Waals surface area contributed by atoms with Gasteiger partial charge >= 0.3 is 18.1 Å². The first-order valence-corrected chi connectivity index (χ1v) is 11.9. The molecule has 2 atom stereocenters. The number of carboxylic acid groups (broad SMARTS) is 1. The van der Waals surface area contributed by atoms with Gasteiger partial charge in [0.2, 0.25) is 0 Å². The van der Waals surface area contributed by atoms with Crippen LogP contribution in [-0.2, 0) is 22.4 Å². The maximum absolute atomic E-state index is 12.9. The molecule has 2 aliphatic rings. The molecular weight excluding hydrogens is 463 g/mol. The Morgan fingerprint density at radius 2 is 1.66 bits per heavy atom. The lowest BCUT2D eigenvalue weighted by Gasteiger charge is -2.15. The molecule has 0 radical (unpaired) electrons. The number of hydrogen-bond donors (Lipinski definition) is 1. The molecule has 2 aromatic rings. The van der Waals surface area contributed by atoms with Crippen molar-refractivity contribution in [3.63, 3.8) is 0 Å². The normalized spacial score (nSPS) is 20.4. The lowest BCUT2D eigenvalue weighted by molar-refractivity contribution is -0.192. The number of nitrogens with zero attached hydrogens (tertiary/aromatic N) is 3. The van der Waals surface area contributed by atoms with E-state index in [2.05, 4.69) is 18.7 Å². The third-order valence-corrected chi connectivity index (χ3v) is 6.57. The second-order valence-electron chi connectivity index (χ2n) is 9.23. The number of rotatable bonds is 5. The van der Waals surface area contributed by atoms with Gasteiger partial charge in [-0.1, -0.05) is 38.5 Å². The summed E-state index contributed by atoms with van der Waals surface area (Å²) < 4.78 is 39.4. The van der Waals surface area contributed by atoms with E-state index in [-0.39, 0.29) is 5.97 Å². The summed E-state index contributed by atoms with van der Waals surface area (Å²) in [6, 6.07) is 10.1. The monoisotopic (exact) mass is 495 g/mol. The van der Waals surface area contributed by atoms with Gasteiger partial charge < -0.3 is 9.84 Å². The number of halogens is 3. The summed E-state index contributed by atoms with van der Waals surface area (Å²) in [5, 5.41) is 11.8. The predicted molar refractivity (Wildman–Crippen MR) is 124 cm³/mol. The Balaban J connectivity index is 0.000000429. The molecule has 1 aliphatic carbocycles. The van der Waals surface area contributed by atoms with Crippen molar-refractivity contribution >= 4 is 11.9 Å². The van der Waals surface area contributed by atoms with Crippen LogP contribution in [0.1, 0.15) is 54.9 Å². The minimum Gasteiger partial charge on any atom is -0.475 e. The molecule has 35 heavy (non-hydrogen) atoms. The number of ether oxygens (including phenoxy) is 1. The third kappa shape index (κ3) is 7.06. The van der Waals surface area contributed by atoms with E-state index in [9.17, 15) is 18.0 Å². The van der Waals surface area contributed by atoms with Crippen molar-refractivity contribution < 1.29 is 32.6 Å². The fourth-order valence-electron chi connectivity index (χ4n) is 4.49. The van der Waals surface area contributed by atoms with E-state index in [1.165, 1.54) is 12.1 Å². The number of aromatic nitrogens is 2. The van der Waals surface area contributed by atoms with Crippen molar-refractivity contribution in [1.29, 1.82) is 0 Å². The van der Waals surface area contributed by atoms with E-state index in [1.54, 1.807) is 0 Å². The van der Waals surface area contributed by atoms with Crippen molar-refractivity contribution in [2.24, 2.45) is 11.8 Å². The molecular formula is C25H32F3N3O4. The van der Waals surface area contributed by atoms with Gasteiger partial charge in [0, 0.05) is 30.9 Å². The molecule has 1 aromatic carbocycles. The number of carboxylic acids is 1. The largest absolute Gasteiger partial charge is 0.490 e. The SMILES string of the molecule is CC1CN(CCOC(=O)c2nn(-c3ccccc3)c3c2CCCCC3)CC1C.O=C(O)C(F)(F)F. The summed E-state index contributed by atoms with van der Waals surface area (Å²) in [4.78, 5) is 24.1. The zero-order chi connectivity index (χ0) is 25.6. The molecule has 1 aromatic heterocycles. The highest BCUT2D eigenvalue weighted by atomic mass is 19.4.